The molecular formula is C19H15N5O2. The molecule has 3 heterocycles. The van der Waals surface area contributed by atoms with Crippen LogP contribution in [0, 0.1) is 0 Å². The van der Waals surface area contributed by atoms with Gasteiger partial charge in [-0.15, -0.1) is 0 Å². The average Bonchev–Trinajstić information content (AvgIpc) is 3.21. The number of nitrogens with one attached hydrogen (secondary N) is 2. The van der Waals surface area contributed by atoms with Crippen molar-refractivity contribution in [1.82, 2.24) is 25.1 Å². The highest BCUT2D eigenvalue weighted by Crippen LogP contribution is 2.12. The van der Waals surface area contributed by atoms with Gasteiger partial charge in [-0.05, 0) is 29.7 Å². The number of benzene rings is 1. The van der Waals surface area contributed by atoms with Crippen LogP contribution in [0.4, 0.5) is 0 Å². The molecule has 0 unspecified atom stereocenters. The van der Waals surface area contributed by atoms with Crippen LogP contribution in [0.15, 0.2) is 71.9 Å². The third kappa shape index (κ3) is 2.98. The van der Waals surface area contributed by atoms with Gasteiger partial charge in [0.2, 0.25) is 0 Å². The molecule has 128 valence electrons. The molecule has 0 aliphatic rings. The fourth-order valence-corrected chi connectivity index (χ4v) is 2.77. The number of pyridine rings is 2. The Labute approximate surface area is 148 Å². The van der Waals surface area contributed by atoms with Crippen LogP contribution in [0.2, 0.25) is 0 Å². The minimum atomic E-state index is -0.358. The van der Waals surface area contributed by atoms with Crippen LogP contribution in [-0.2, 0) is 6.54 Å². The first-order valence-electron chi connectivity index (χ1n) is 8.06. The number of hydrogen-bond donors (Lipinski definition) is 2. The number of rotatable bonds is 4. The maximum atomic E-state index is 12.5. The number of carbonyl (C=O) groups is 1. The van der Waals surface area contributed by atoms with Crippen molar-refractivity contribution in [1.29, 1.82) is 0 Å². The molecule has 7 heteroatoms. The SMILES string of the molecule is O=C(NCc1cccnc1-n1cccn1)c1cc2ccccc2c(=O)[nH]1. The van der Waals surface area contributed by atoms with Crippen molar-refractivity contribution >= 4 is 16.7 Å². The van der Waals surface area contributed by atoms with Gasteiger partial charge in [0.05, 0.1) is 0 Å². The maximum absolute atomic E-state index is 12.5. The number of fused-ring (bicyclic) bond motifs is 1. The topological polar surface area (TPSA) is 92.7 Å². The van der Waals surface area contributed by atoms with Crippen LogP contribution in [0.5, 0.6) is 0 Å². The van der Waals surface area contributed by atoms with E-state index in [1.54, 1.807) is 59.7 Å². The summed E-state index contributed by atoms with van der Waals surface area (Å²) in [7, 11) is 0. The molecule has 0 bridgehead atoms. The zero-order chi connectivity index (χ0) is 17.9. The Bertz CT molecular complexity index is 1130. The maximum Gasteiger partial charge on any atom is 0.268 e. The fraction of sp³-hybridized carbons (Fsp3) is 0.0526. The molecule has 0 aliphatic carbocycles. The van der Waals surface area contributed by atoms with Crippen molar-refractivity contribution in [3.63, 3.8) is 0 Å². The summed E-state index contributed by atoms with van der Waals surface area (Å²) in [5.74, 6) is 0.285. The molecule has 0 atom stereocenters. The normalized spacial score (nSPS) is 10.8. The zero-order valence-electron chi connectivity index (χ0n) is 13.7. The molecule has 0 aliphatic heterocycles. The first-order chi connectivity index (χ1) is 12.7. The van der Waals surface area contributed by atoms with Crippen molar-refractivity contribution in [2.45, 2.75) is 6.54 Å². The van der Waals surface area contributed by atoms with Gasteiger partial charge in [-0.25, -0.2) is 9.67 Å². The largest absolute Gasteiger partial charge is 0.347 e. The van der Waals surface area contributed by atoms with Crippen LogP contribution in [-0.4, -0.2) is 25.7 Å². The Morgan fingerprint density at radius 2 is 2.00 bits per heavy atom. The second-order valence-electron chi connectivity index (χ2n) is 5.72. The van der Waals surface area contributed by atoms with Crippen molar-refractivity contribution in [2.24, 2.45) is 0 Å². The summed E-state index contributed by atoms with van der Waals surface area (Å²) in [6.45, 7) is 0.261. The Morgan fingerprint density at radius 3 is 2.85 bits per heavy atom. The van der Waals surface area contributed by atoms with E-state index in [0.717, 1.165) is 10.9 Å². The van der Waals surface area contributed by atoms with E-state index in [4.69, 9.17) is 0 Å². The van der Waals surface area contributed by atoms with Gasteiger partial charge in [-0.1, -0.05) is 24.3 Å². The number of nitrogens with zero attached hydrogens (tertiary/aromatic N) is 3. The lowest BCUT2D eigenvalue weighted by molar-refractivity contribution is 0.0946. The molecular weight excluding hydrogens is 330 g/mol. The van der Waals surface area contributed by atoms with Gasteiger partial charge in [-0.3, -0.25) is 9.59 Å². The number of amides is 1. The molecule has 2 N–H and O–H groups in total. The number of hydrogen-bond acceptors (Lipinski definition) is 4. The Hall–Kier alpha value is -3.74. The third-order valence-corrected chi connectivity index (χ3v) is 4.03. The van der Waals surface area contributed by atoms with Gasteiger partial charge in [-0.2, -0.15) is 5.10 Å². The molecule has 3 aromatic heterocycles. The molecule has 0 saturated heterocycles. The first kappa shape index (κ1) is 15.8. The zero-order valence-corrected chi connectivity index (χ0v) is 13.7. The lowest BCUT2D eigenvalue weighted by Crippen LogP contribution is -2.26. The fourth-order valence-electron chi connectivity index (χ4n) is 2.77. The van der Waals surface area contributed by atoms with Gasteiger partial charge >= 0.3 is 0 Å². The predicted molar refractivity (Wildman–Crippen MR) is 97.1 cm³/mol. The Kier molecular flexibility index (Phi) is 4.03. The molecule has 0 spiro atoms. The summed E-state index contributed by atoms with van der Waals surface area (Å²) in [4.78, 5) is 31.6. The van der Waals surface area contributed by atoms with Crippen molar-refractivity contribution in [3.05, 3.63) is 88.7 Å². The standard InChI is InChI=1S/C19H15N5O2/c25-18-15-7-2-1-5-13(15)11-16(23-18)19(26)21-12-14-6-3-8-20-17(14)24-10-4-9-22-24/h1-11H,12H2,(H,21,26)(H,23,25). The van der Waals surface area contributed by atoms with E-state index in [0.29, 0.717) is 11.2 Å². The highest BCUT2D eigenvalue weighted by Gasteiger charge is 2.11. The number of H-pyrrole nitrogens is 1. The highest BCUT2D eigenvalue weighted by atomic mass is 16.2. The van der Waals surface area contributed by atoms with Crippen LogP contribution in [0.25, 0.3) is 16.6 Å². The van der Waals surface area contributed by atoms with Crippen molar-refractivity contribution < 1.29 is 4.79 Å². The number of aromatic amines is 1. The van der Waals surface area contributed by atoms with Crippen LogP contribution in [0.3, 0.4) is 0 Å². The molecule has 7 nitrogen and oxygen atoms in total. The van der Waals surface area contributed by atoms with E-state index in [-0.39, 0.29) is 23.7 Å². The molecule has 4 rings (SSSR count). The van der Waals surface area contributed by atoms with Gasteiger partial charge < -0.3 is 10.3 Å². The molecule has 0 saturated carbocycles. The van der Waals surface area contributed by atoms with Crippen molar-refractivity contribution in [3.8, 4) is 5.82 Å². The molecule has 1 amide bonds. The Morgan fingerprint density at radius 1 is 1.12 bits per heavy atom. The predicted octanol–water partition coefficient (Wildman–Crippen LogP) is 2.04. The van der Waals surface area contributed by atoms with Gasteiger partial charge in [0.25, 0.3) is 11.5 Å². The molecule has 4 aromatic rings. The highest BCUT2D eigenvalue weighted by molar-refractivity contribution is 5.96. The molecule has 26 heavy (non-hydrogen) atoms. The minimum Gasteiger partial charge on any atom is -0.347 e. The summed E-state index contributed by atoms with van der Waals surface area (Å²) in [6, 6.07) is 14.3. The van der Waals surface area contributed by atoms with E-state index in [1.807, 2.05) is 12.1 Å². The van der Waals surface area contributed by atoms with E-state index in [9.17, 15) is 9.59 Å². The minimum absolute atomic E-state index is 0.221. The van der Waals surface area contributed by atoms with E-state index in [1.165, 1.54) is 0 Å². The van der Waals surface area contributed by atoms with Crippen LogP contribution in [0.1, 0.15) is 16.1 Å². The summed E-state index contributed by atoms with van der Waals surface area (Å²) >= 11 is 0. The Balaban J connectivity index is 1.58. The second kappa shape index (κ2) is 6.64. The van der Waals surface area contributed by atoms with E-state index < -0.39 is 0 Å². The van der Waals surface area contributed by atoms with E-state index in [2.05, 4.69) is 20.4 Å². The quantitative estimate of drug-likeness (QED) is 0.592. The van der Waals surface area contributed by atoms with Crippen molar-refractivity contribution in [2.75, 3.05) is 0 Å². The summed E-state index contributed by atoms with van der Waals surface area (Å²) < 4.78 is 1.64. The third-order valence-electron chi connectivity index (χ3n) is 4.03. The average molecular weight is 345 g/mol. The summed E-state index contributed by atoms with van der Waals surface area (Å²) in [6.07, 6.45) is 5.12. The number of carbonyl (C=O) groups excluding carboxylic acids is 1. The van der Waals surface area contributed by atoms with Crippen LogP contribution < -0.4 is 10.9 Å². The van der Waals surface area contributed by atoms with Gasteiger partial charge in [0.1, 0.15) is 5.69 Å². The van der Waals surface area contributed by atoms with Gasteiger partial charge in [0.15, 0.2) is 5.82 Å². The first-order valence-corrected chi connectivity index (χ1v) is 8.06. The number of aromatic nitrogens is 4. The molecule has 0 radical (unpaired) electrons. The monoisotopic (exact) mass is 345 g/mol. The lowest BCUT2D eigenvalue weighted by Gasteiger charge is -2.10. The smallest absolute Gasteiger partial charge is 0.268 e. The summed E-state index contributed by atoms with van der Waals surface area (Å²) in [5.41, 5.74) is 0.748. The summed E-state index contributed by atoms with van der Waals surface area (Å²) in [5, 5.41) is 8.27. The van der Waals surface area contributed by atoms with Crippen LogP contribution >= 0.6 is 0 Å². The van der Waals surface area contributed by atoms with E-state index >= 15 is 0 Å². The molecule has 0 fully saturated rings. The van der Waals surface area contributed by atoms with Gasteiger partial charge in [0, 0.05) is 36.1 Å². The molecule has 1 aromatic carbocycles. The second-order valence-corrected chi connectivity index (χ2v) is 5.72. The lowest BCUT2D eigenvalue weighted by atomic mass is 10.1.